The Bertz CT molecular complexity index is 664. The molecule has 0 saturated heterocycles. The minimum Gasteiger partial charge on any atom is -0.306 e. The first-order valence-corrected chi connectivity index (χ1v) is 8.20. The summed E-state index contributed by atoms with van der Waals surface area (Å²) in [5.74, 6) is -0.479. The van der Waals surface area contributed by atoms with Gasteiger partial charge in [-0.15, -0.1) is 0 Å². The number of benzene rings is 2. The molecule has 0 amide bonds. The van der Waals surface area contributed by atoms with E-state index in [9.17, 15) is 4.39 Å². The fourth-order valence-corrected chi connectivity index (χ4v) is 2.98. The Morgan fingerprint density at radius 2 is 1.86 bits per heavy atom. The van der Waals surface area contributed by atoms with Crippen molar-refractivity contribution in [1.29, 1.82) is 0 Å². The third-order valence-electron chi connectivity index (χ3n) is 3.05. The molecule has 112 valence electrons. The first-order chi connectivity index (χ1) is 9.95. The number of halogens is 5. The van der Waals surface area contributed by atoms with Gasteiger partial charge in [0.1, 0.15) is 5.82 Å². The topological polar surface area (TPSA) is 12.0 Å². The number of rotatable bonds is 4. The lowest BCUT2D eigenvalue weighted by Gasteiger charge is -2.21. The lowest BCUT2D eigenvalue weighted by atomic mass is 9.98. The predicted octanol–water partition coefficient (Wildman–Crippen LogP) is 6.25. The third kappa shape index (κ3) is 3.72. The van der Waals surface area contributed by atoms with Crippen LogP contribution in [-0.4, -0.2) is 6.54 Å². The highest BCUT2D eigenvalue weighted by Crippen LogP contribution is 2.36. The molecule has 6 heteroatoms. The molecule has 2 aromatic rings. The molecule has 0 heterocycles. The maximum Gasteiger partial charge on any atom is 0.148 e. The summed E-state index contributed by atoms with van der Waals surface area (Å²) in [5, 5.41) is 4.32. The van der Waals surface area contributed by atoms with E-state index < -0.39 is 11.9 Å². The molecule has 0 fully saturated rings. The zero-order chi connectivity index (χ0) is 15.6. The second-order valence-electron chi connectivity index (χ2n) is 4.42. The van der Waals surface area contributed by atoms with Crippen LogP contribution in [0.25, 0.3) is 0 Å². The fourth-order valence-electron chi connectivity index (χ4n) is 2.09. The molecule has 0 aromatic heterocycles. The van der Waals surface area contributed by atoms with Crippen molar-refractivity contribution >= 4 is 50.7 Å². The third-order valence-corrected chi connectivity index (χ3v) is 4.89. The lowest BCUT2D eigenvalue weighted by Crippen LogP contribution is -2.23. The molecule has 0 saturated carbocycles. The zero-order valence-corrected chi connectivity index (χ0v) is 14.9. The molecular formula is C15H12BrCl3FN. The van der Waals surface area contributed by atoms with Gasteiger partial charge >= 0.3 is 0 Å². The smallest absolute Gasteiger partial charge is 0.148 e. The summed E-state index contributed by atoms with van der Waals surface area (Å²) in [6, 6.07) is 8.08. The molecule has 21 heavy (non-hydrogen) atoms. The molecule has 0 spiro atoms. The molecule has 0 aliphatic heterocycles. The van der Waals surface area contributed by atoms with Crippen molar-refractivity contribution in [2.24, 2.45) is 0 Å². The van der Waals surface area contributed by atoms with Crippen molar-refractivity contribution in [2.45, 2.75) is 13.0 Å². The lowest BCUT2D eigenvalue weighted by molar-refractivity contribution is 0.559. The van der Waals surface area contributed by atoms with Crippen LogP contribution in [0.15, 0.2) is 34.8 Å². The van der Waals surface area contributed by atoms with Crippen molar-refractivity contribution < 1.29 is 4.39 Å². The van der Waals surface area contributed by atoms with Gasteiger partial charge < -0.3 is 5.32 Å². The van der Waals surface area contributed by atoms with Gasteiger partial charge in [0.05, 0.1) is 11.1 Å². The van der Waals surface area contributed by atoms with E-state index in [4.69, 9.17) is 34.8 Å². The van der Waals surface area contributed by atoms with Crippen LogP contribution >= 0.6 is 50.7 Å². The Hall–Kier alpha value is -0.320. The zero-order valence-electron chi connectivity index (χ0n) is 11.1. The average Bonchev–Trinajstić information content (AvgIpc) is 2.46. The van der Waals surface area contributed by atoms with E-state index in [2.05, 4.69) is 21.2 Å². The molecular weight excluding hydrogens is 399 g/mol. The van der Waals surface area contributed by atoms with E-state index in [0.29, 0.717) is 32.2 Å². The summed E-state index contributed by atoms with van der Waals surface area (Å²) in [5.41, 5.74) is 1.14. The van der Waals surface area contributed by atoms with Gasteiger partial charge in [-0.3, -0.25) is 0 Å². The van der Waals surface area contributed by atoms with Crippen LogP contribution in [0.3, 0.4) is 0 Å². The van der Waals surface area contributed by atoms with Crippen LogP contribution in [0.2, 0.25) is 15.1 Å². The Kier molecular flexibility index (Phi) is 5.92. The summed E-state index contributed by atoms with van der Waals surface area (Å²) in [6.07, 6.45) is 0. The molecule has 1 atom stereocenters. The normalized spacial score (nSPS) is 12.5. The molecule has 0 aliphatic rings. The van der Waals surface area contributed by atoms with E-state index in [1.54, 1.807) is 30.3 Å². The van der Waals surface area contributed by atoms with Crippen LogP contribution < -0.4 is 5.32 Å². The van der Waals surface area contributed by atoms with E-state index in [1.165, 1.54) is 0 Å². The second-order valence-corrected chi connectivity index (χ2v) is 6.50. The largest absolute Gasteiger partial charge is 0.306 e. The molecule has 1 unspecified atom stereocenters. The SMILES string of the molecule is CCNC(c1cc(Cl)ccc1Cl)c1ccc(Br)c(Cl)c1F. The quantitative estimate of drug-likeness (QED) is 0.587. The van der Waals surface area contributed by atoms with Crippen molar-refractivity contribution in [3.8, 4) is 0 Å². The van der Waals surface area contributed by atoms with Crippen molar-refractivity contribution in [3.63, 3.8) is 0 Å². The van der Waals surface area contributed by atoms with Gasteiger partial charge in [-0.05, 0) is 52.3 Å². The maximum absolute atomic E-state index is 14.5. The van der Waals surface area contributed by atoms with E-state index in [0.717, 1.165) is 0 Å². The maximum atomic E-state index is 14.5. The highest BCUT2D eigenvalue weighted by Gasteiger charge is 2.22. The summed E-state index contributed by atoms with van der Waals surface area (Å²) in [7, 11) is 0. The van der Waals surface area contributed by atoms with E-state index in [1.807, 2.05) is 6.92 Å². The van der Waals surface area contributed by atoms with Crippen molar-refractivity contribution in [2.75, 3.05) is 6.54 Å². The minimum absolute atomic E-state index is 0.0496. The Balaban J connectivity index is 2.59. The summed E-state index contributed by atoms with van der Waals surface area (Å²) < 4.78 is 15.0. The van der Waals surface area contributed by atoms with E-state index in [-0.39, 0.29) is 5.02 Å². The van der Waals surface area contributed by atoms with Crippen LogP contribution in [0, 0.1) is 5.82 Å². The monoisotopic (exact) mass is 409 g/mol. The van der Waals surface area contributed by atoms with E-state index >= 15 is 0 Å². The molecule has 0 aliphatic carbocycles. The van der Waals surface area contributed by atoms with Gasteiger partial charge in [0.15, 0.2) is 0 Å². The molecule has 0 radical (unpaired) electrons. The predicted molar refractivity (Wildman–Crippen MR) is 91.1 cm³/mol. The van der Waals surface area contributed by atoms with Gasteiger partial charge in [-0.1, -0.05) is 47.8 Å². The van der Waals surface area contributed by atoms with Gasteiger partial charge in [0, 0.05) is 20.1 Å². The average molecular weight is 412 g/mol. The molecule has 2 rings (SSSR count). The molecule has 1 nitrogen and oxygen atoms in total. The first kappa shape index (κ1) is 17.0. The van der Waals surface area contributed by atoms with Crippen LogP contribution in [-0.2, 0) is 0 Å². The van der Waals surface area contributed by atoms with Gasteiger partial charge in [0.25, 0.3) is 0 Å². The highest BCUT2D eigenvalue weighted by atomic mass is 79.9. The van der Waals surface area contributed by atoms with Crippen molar-refractivity contribution in [3.05, 3.63) is 66.8 Å². The summed E-state index contributed by atoms with van der Waals surface area (Å²) >= 11 is 21.5. The molecule has 1 N–H and O–H groups in total. The Labute approximate surface area is 146 Å². The Morgan fingerprint density at radius 3 is 2.52 bits per heavy atom. The van der Waals surface area contributed by atoms with Crippen LogP contribution in [0.5, 0.6) is 0 Å². The summed E-state index contributed by atoms with van der Waals surface area (Å²) in [6.45, 7) is 2.57. The van der Waals surface area contributed by atoms with Gasteiger partial charge in [-0.2, -0.15) is 0 Å². The minimum atomic E-state index is -0.479. The molecule has 2 aromatic carbocycles. The standard InChI is InChI=1S/C15H12BrCl3FN/c1-2-21-15(10-7-8(17)3-6-12(10)18)9-4-5-11(16)13(19)14(9)20/h3-7,15,21H,2H2,1H3. The van der Waals surface area contributed by atoms with Crippen LogP contribution in [0.4, 0.5) is 4.39 Å². The Morgan fingerprint density at radius 1 is 1.14 bits per heavy atom. The van der Waals surface area contributed by atoms with Gasteiger partial charge in [0.2, 0.25) is 0 Å². The number of nitrogens with one attached hydrogen (secondary N) is 1. The molecule has 0 bridgehead atoms. The number of hydrogen-bond acceptors (Lipinski definition) is 1. The van der Waals surface area contributed by atoms with Crippen molar-refractivity contribution in [1.82, 2.24) is 5.32 Å². The number of hydrogen-bond donors (Lipinski definition) is 1. The highest BCUT2D eigenvalue weighted by molar-refractivity contribution is 9.10. The first-order valence-electron chi connectivity index (χ1n) is 6.27. The van der Waals surface area contributed by atoms with Gasteiger partial charge in [-0.25, -0.2) is 4.39 Å². The fraction of sp³-hybridized carbons (Fsp3) is 0.200. The summed E-state index contributed by atoms with van der Waals surface area (Å²) in [4.78, 5) is 0. The second kappa shape index (κ2) is 7.30. The van der Waals surface area contributed by atoms with Crippen LogP contribution in [0.1, 0.15) is 24.1 Å².